The SMILES string of the molecule is NCCCS(=O)(=O)NCCC1CCCCO1. The third-order valence-electron chi connectivity index (χ3n) is 2.68. The van der Waals surface area contributed by atoms with E-state index in [0.29, 0.717) is 19.5 Å². The van der Waals surface area contributed by atoms with E-state index < -0.39 is 10.0 Å². The average Bonchev–Trinajstić information content (AvgIpc) is 2.28. The maximum atomic E-state index is 11.4. The highest BCUT2D eigenvalue weighted by atomic mass is 32.2. The van der Waals surface area contributed by atoms with Gasteiger partial charge in [-0.05, 0) is 38.6 Å². The molecule has 1 aliphatic rings. The van der Waals surface area contributed by atoms with Gasteiger partial charge in [0.2, 0.25) is 10.0 Å². The highest BCUT2D eigenvalue weighted by Crippen LogP contribution is 2.14. The molecular weight excluding hydrogens is 228 g/mol. The summed E-state index contributed by atoms with van der Waals surface area (Å²) in [6.45, 7) is 1.69. The molecule has 0 saturated carbocycles. The Kier molecular flexibility index (Phi) is 6.26. The second-order valence-electron chi connectivity index (χ2n) is 4.13. The predicted octanol–water partition coefficient (Wildman–Crippen LogP) is 0.214. The number of nitrogens with two attached hydrogens (primary N) is 1. The molecule has 1 fully saturated rings. The Morgan fingerprint density at radius 2 is 2.19 bits per heavy atom. The number of hydrogen-bond acceptors (Lipinski definition) is 4. The van der Waals surface area contributed by atoms with E-state index in [9.17, 15) is 8.42 Å². The molecule has 1 heterocycles. The summed E-state index contributed by atoms with van der Waals surface area (Å²) < 4.78 is 30.9. The zero-order valence-electron chi connectivity index (χ0n) is 9.65. The van der Waals surface area contributed by atoms with Crippen LogP contribution in [-0.4, -0.2) is 40.0 Å². The van der Waals surface area contributed by atoms with Gasteiger partial charge in [0, 0.05) is 13.2 Å². The van der Waals surface area contributed by atoms with Gasteiger partial charge in [0.15, 0.2) is 0 Å². The van der Waals surface area contributed by atoms with Crippen LogP contribution in [-0.2, 0) is 14.8 Å². The Labute approximate surface area is 97.8 Å². The van der Waals surface area contributed by atoms with Gasteiger partial charge in [0.05, 0.1) is 11.9 Å². The Hall–Kier alpha value is -0.170. The summed E-state index contributed by atoms with van der Waals surface area (Å²) in [6.07, 6.45) is 4.86. The fourth-order valence-corrected chi connectivity index (χ4v) is 2.88. The molecule has 0 aliphatic carbocycles. The van der Waals surface area contributed by atoms with Crippen LogP contribution in [0.25, 0.3) is 0 Å². The van der Waals surface area contributed by atoms with Gasteiger partial charge in [0.1, 0.15) is 0 Å². The molecule has 0 aromatic carbocycles. The zero-order chi connectivity index (χ0) is 11.9. The van der Waals surface area contributed by atoms with Crippen LogP contribution in [0.15, 0.2) is 0 Å². The fraction of sp³-hybridized carbons (Fsp3) is 1.00. The van der Waals surface area contributed by atoms with Crippen LogP contribution in [0, 0.1) is 0 Å². The summed E-state index contributed by atoms with van der Waals surface area (Å²) in [5.41, 5.74) is 5.27. The second-order valence-corrected chi connectivity index (χ2v) is 6.06. The lowest BCUT2D eigenvalue weighted by Gasteiger charge is -2.22. The predicted molar refractivity (Wildman–Crippen MR) is 63.7 cm³/mol. The highest BCUT2D eigenvalue weighted by Gasteiger charge is 2.15. The van der Waals surface area contributed by atoms with Crippen molar-refractivity contribution in [3.63, 3.8) is 0 Å². The molecule has 0 bridgehead atoms. The van der Waals surface area contributed by atoms with Crippen LogP contribution in [0.3, 0.4) is 0 Å². The topological polar surface area (TPSA) is 81.4 Å². The third-order valence-corrected chi connectivity index (χ3v) is 4.15. The Bertz CT molecular complexity index is 274. The first-order chi connectivity index (χ1) is 7.64. The first kappa shape index (κ1) is 13.9. The van der Waals surface area contributed by atoms with E-state index in [1.807, 2.05) is 0 Å². The number of ether oxygens (including phenoxy) is 1. The number of sulfonamides is 1. The summed E-state index contributed by atoms with van der Waals surface area (Å²) in [5, 5.41) is 0. The lowest BCUT2D eigenvalue weighted by atomic mass is 10.1. The summed E-state index contributed by atoms with van der Waals surface area (Å²) in [4.78, 5) is 0. The van der Waals surface area contributed by atoms with Crippen molar-refractivity contribution in [2.75, 3.05) is 25.4 Å². The first-order valence-electron chi connectivity index (χ1n) is 5.93. The van der Waals surface area contributed by atoms with E-state index in [2.05, 4.69) is 4.72 Å². The van der Waals surface area contributed by atoms with Gasteiger partial charge in [-0.2, -0.15) is 0 Å². The number of hydrogen-bond donors (Lipinski definition) is 2. The lowest BCUT2D eigenvalue weighted by molar-refractivity contribution is 0.0123. The highest BCUT2D eigenvalue weighted by molar-refractivity contribution is 7.89. The Morgan fingerprint density at radius 3 is 2.81 bits per heavy atom. The van der Waals surface area contributed by atoms with Crippen molar-refractivity contribution in [1.29, 1.82) is 0 Å². The number of nitrogens with one attached hydrogen (secondary N) is 1. The molecule has 0 amide bonds. The van der Waals surface area contributed by atoms with Crippen molar-refractivity contribution in [3.8, 4) is 0 Å². The molecule has 1 atom stereocenters. The van der Waals surface area contributed by atoms with E-state index in [-0.39, 0.29) is 11.9 Å². The van der Waals surface area contributed by atoms with Gasteiger partial charge in [-0.1, -0.05) is 0 Å². The minimum Gasteiger partial charge on any atom is -0.378 e. The van der Waals surface area contributed by atoms with Gasteiger partial charge in [-0.15, -0.1) is 0 Å². The largest absolute Gasteiger partial charge is 0.378 e. The van der Waals surface area contributed by atoms with Gasteiger partial charge < -0.3 is 10.5 Å². The van der Waals surface area contributed by atoms with Crippen molar-refractivity contribution >= 4 is 10.0 Å². The molecule has 0 aromatic heterocycles. The summed E-state index contributed by atoms with van der Waals surface area (Å²) in [7, 11) is -3.13. The lowest BCUT2D eigenvalue weighted by Crippen LogP contribution is -2.31. The van der Waals surface area contributed by atoms with E-state index in [0.717, 1.165) is 25.9 Å². The van der Waals surface area contributed by atoms with Crippen molar-refractivity contribution in [3.05, 3.63) is 0 Å². The van der Waals surface area contributed by atoms with E-state index >= 15 is 0 Å². The Morgan fingerprint density at radius 1 is 1.38 bits per heavy atom. The van der Waals surface area contributed by atoms with E-state index in [4.69, 9.17) is 10.5 Å². The molecule has 0 aromatic rings. The maximum absolute atomic E-state index is 11.4. The van der Waals surface area contributed by atoms with Crippen LogP contribution < -0.4 is 10.5 Å². The van der Waals surface area contributed by atoms with Crippen molar-refractivity contribution in [2.24, 2.45) is 5.73 Å². The van der Waals surface area contributed by atoms with Crippen LogP contribution in [0.1, 0.15) is 32.1 Å². The second kappa shape index (κ2) is 7.21. The van der Waals surface area contributed by atoms with Crippen LogP contribution in [0.5, 0.6) is 0 Å². The molecule has 5 nitrogen and oxygen atoms in total. The molecule has 0 spiro atoms. The molecule has 16 heavy (non-hydrogen) atoms. The quantitative estimate of drug-likeness (QED) is 0.677. The summed E-state index contributed by atoms with van der Waals surface area (Å²) >= 11 is 0. The standard InChI is InChI=1S/C10H22N2O3S/c11-6-3-9-16(13,14)12-7-5-10-4-1-2-8-15-10/h10,12H,1-9,11H2. The normalized spacial score (nSPS) is 22.2. The zero-order valence-corrected chi connectivity index (χ0v) is 10.5. The molecule has 0 radical (unpaired) electrons. The molecular formula is C10H22N2O3S. The molecule has 1 aliphatic heterocycles. The van der Waals surface area contributed by atoms with E-state index in [1.165, 1.54) is 6.42 Å². The fourth-order valence-electron chi connectivity index (χ4n) is 1.76. The van der Waals surface area contributed by atoms with Gasteiger partial charge in [-0.25, -0.2) is 13.1 Å². The third kappa shape index (κ3) is 5.79. The average molecular weight is 250 g/mol. The van der Waals surface area contributed by atoms with Crippen LogP contribution in [0.4, 0.5) is 0 Å². The first-order valence-corrected chi connectivity index (χ1v) is 7.58. The van der Waals surface area contributed by atoms with Gasteiger partial charge >= 0.3 is 0 Å². The van der Waals surface area contributed by atoms with Crippen LogP contribution in [0.2, 0.25) is 0 Å². The molecule has 96 valence electrons. The van der Waals surface area contributed by atoms with Crippen molar-refractivity contribution in [1.82, 2.24) is 4.72 Å². The smallest absolute Gasteiger partial charge is 0.211 e. The molecule has 1 rings (SSSR count). The summed E-state index contributed by atoms with van der Waals surface area (Å²) in [5.74, 6) is 0.120. The summed E-state index contributed by atoms with van der Waals surface area (Å²) in [6, 6.07) is 0. The van der Waals surface area contributed by atoms with Crippen LogP contribution >= 0.6 is 0 Å². The molecule has 1 saturated heterocycles. The molecule has 6 heteroatoms. The van der Waals surface area contributed by atoms with Crippen molar-refractivity contribution < 1.29 is 13.2 Å². The van der Waals surface area contributed by atoms with Gasteiger partial charge in [-0.3, -0.25) is 0 Å². The monoisotopic (exact) mass is 250 g/mol. The van der Waals surface area contributed by atoms with Gasteiger partial charge in [0.25, 0.3) is 0 Å². The minimum atomic E-state index is -3.13. The Balaban J connectivity index is 2.13. The van der Waals surface area contributed by atoms with E-state index in [1.54, 1.807) is 0 Å². The molecule has 3 N–H and O–H groups in total. The number of rotatable bonds is 7. The van der Waals surface area contributed by atoms with Crippen molar-refractivity contribution in [2.45, 2.75) is 38.2 Å². The maximum Gasteiger partial charge on any atom is 0.211 e. The molecule has 1 unspecified atom stereocenters. The minimum absolute atomic E-state index is 0.120.